The number of nitriles is 2. The third-order valence-corrected chi connectivity index (χ3v) is 5.09. The van der Waals surface area contributed by atoms with E-state index in [1.165, 1.54) is 0 Å². The van der Waals surface area contributed by atoms with Crippen LogP contribution >= 0.6 is 0 Å². The standard InChI is InChI=1S/C18H28N4O4/c1-5-17(11-19,13(3)23-7-15-9-25-15)21-22-18(6-2,12-20)14(4)24-8-16-10-26-16/h13-16H,5-10H2,1-4H3. The zero-order valence-corrected chi connectivity index (χ0v) is 16.0. The predicted octanol–water partition coefficient (Wildman–Crippen LogP) is 2.39. The summed E-state index contributed by atoms with van der Waals surface area (Å²) in [6.07, 6.45) is 0.139. The molecule has 2 heterocycles. The Kier molecular flexibility index (Phi) is 7.08. The van der Waals surface area contributed by atoms with Crippen LogP contribution in [0.3, 0.4) is 0 Å². The molecule has 144 valence electrons. The topological polar surface area (TPSA) is 116 Å². The van der Waals surface area contributed by atoms with Crippen molar-refractivity contribution in [3.8, 4) is 12.1 Å². The number of rotatable bonds is 12. The fraction of sp³-hybridized carbons (Fsp3) is 0.889. The van der Waals surface area contributed by atoms with E-state index >= 15 is 0 Å². The quantitative estimate of drug-likeness (QED) is 0.388. The third-order valence-electron chi connectivity index (χ3n) is 5.09. The van der Waals surface area contributed by atoms with Gasteiger partial charge in [0.1, 0.15) is 12.2 Å². The van der Waals surface area contributed by atoms with Crippen molar-refractivity contribution in [3.63, 3.8) is 0 Å². The monoisotopic (exact) mass is 364 g/mol. The van der Waals surface area contributed by atoms with E-state index in [2.05, 4.69) is 22.4 Å². The minimum Gasteiger partial charge on any atom is -0.372 e. The molecule has 0 amide bonds. The highest BCUT2D eigenvalue weighted by Crippen LogP contribution is 2.30. The predicted molar refractivity (Wildman–Crippen MR) is 92.4 cm³/mol. The van der Waals surface area contributed by atoms with Gasteiger partial charge in [-0.3, -0.25) is 0 Å². The highest BCUT2D eigenvalue weighted by molar-refractivity contribution is 5.14. The molecule has 0 radical (unpaired) electrons. The molecule has 6 atom stereocenters. The summed E-state index contributed by atoms with van der Waals surface area (Å²) in [5.74, 6) is 0. The number of hydrogen-bond donors (Lipinski definition) is 0. The van der Waals surface area contributed by atoms with Gasteiger partial charge in [-0.05, 0) is 26.7 Å². The summed E-state index contributed by atoms with van der Waals surface area (Å²) >= 11 is 0. The summed E-state index contributed by atoms with van der Waals surface area (Å²) in [5.41, 5.74) is -2.29. The molecule has 0 aromatic carbocycles. The van der Waals surface area contributed by atoms with Crippen LogP contribution in [0.2, 0.25) is 0 Å². The Bertz CT molecular complexity index is 529. The van der Waals surface area contributed by atoms with Crippen molar-refractivity contribution < 1.29 is 18.9 Å². The largest absolute Gasteiger partial charge is 0.372 e. The number of epoxide rings is 2. The Morgan fingerprint density at radius 2 is 1.27 bits per heavy atom. The molecule has 8 heteroatoms. The average Bonchev–Trinajstić information content (AvgIpc) is 3.57. The molecule has 2 saturated heterocycles. The Labute approximate surface area is 155 Å². The van der Waals surface area contributed by atoms with Crippen LogP contribution in [-0.2, 0) is 18.9 Å². The van der Waals surface area contributed by atoms with Gasteiger partial charge in [-0.25, -0.2) is 0 Å². The van der Waals surface area contributed by atoms with E-state index in [4.69, 9.17) is 18.9 Å². The molecular formula is C18H28N4O4. The maximum atomic E-state index is 9.75. The van der Waals surface area contributed by atoms with Crippen LogP contribution in [0.5, 0.6) is 0 Å². The van der Waals surface area contributed by atoms with E-state index in [1.54, 1.807) is 13.8 Å². The van der Waals surface area contributed by atoms with Crippen molar-refractivity contribution in [1.29, 1.82) is 10.5 Å². The van der Waals surface area contributed by atoms with Crippen molar-refractivity contribution in [3.05, 3.63) is 0 Å². The molecule has 6 unspecified atom stereocenters. The molecule has 0 N–H and O–H groups in total. The van der Waals surface area contributed by atoms with Gasteiger partial charge in [0.2, 0.25) is 0 Å². The van der Waals surface area contributed by atoms with Crippen molar-refractivity contribution in [2.24, 2.45) is 10.2 Å². The van der Waals surface area contributed by atoms with E-state index in [0.717, 1.165) is 0 Å². The Hall–Kier alpha value is -1.58. The highest BCUT2D eigenvalue weighted by atomic mass is 16.6. The Morgan fingerprint density at radius 3 is 1.50 bits per heavy atom. The molecule has 8 nitrogen and oxygen atoms in total. The van der Waals surface area contributed by atoms with E-state index < -0.39 is 23.3 Å². The van der Waals surface area contributed by atoms with Crippen LogP contribution in [0.1, 0.15) is 40.5 Å². The van der Waals surface area contributed by atoms with Gasteiger partial charge in [0.15, 0.2) is 11.1 Å². The SMILES string of the molecule is CCC(C#N)(N=NC(C#N)(CC)C(C)OCC1CO1)C(C)OCC1CO1. The lowest BCUT2D eigenvalue weighted by atomic mass is 9.91. The van der Waals surface area contributed by atoms with Gasteiger partial charge in [0.05, 0.1) is 50.8 Å². The first-order valence-electron chi connectivity index (χ1n) is 9.18. The van der Waals surface area contributed by atoms with Crippen LogP contribution in [0.25, 0.3) is 0 Å². The van der Waals surface area contributed by atoms with Gasteiger partial charge >= 0.3 is 0 Å². The fourth-order valence-corrected chi connectivity index (χ4v) is 2.55. The second kappa shape index (κ2) is 8.88. The van der Waals surface area contributed by atoms with Gasteiger partial charge in [-0.2, -0.15) is 20.8 Å². The first-order chi connectivity index (χ1) is 12.4. The number of nitrogens with zero attached hydrogens (tertiary/aromatic N) is 4. The molecule has 0 aliphatic carbocycles. The first kappa shape index (κ1) is 20.7. The summed E-state index contributed by atoms with van der Waals surface area (Å²) in [5, 5.41) is 28.2. The van der Waals surface area contributed by atoms with Crippen LogP contribution < -0.4 is 0 Å². The molecule has 0 saturated carbocycles. The molecule has 26 heavy (non-hydrogen) atoms. The van der Waals surface area contributed by atoms with E-state index in [1.807, 2.05) is 13.8 Å². The van der Waals surface area contributed by atoms with E-state index in [0.29, 0.717) is 39.3 Å². The number of azo groups is 1. The molecule has 0 spiro atoms. The average molecular weight is 364 g/mol. The maximum absolute atomic E-state index is 9.75. The van der Waals surface area contributed by atoms with Crippen molar-refractivity contribution in [2.75, 3.05) is 26.4 Å². The second-order valence-electron chi connectivity index (χ2n) is 6.84. The van der Waals surface area contributed by atoms with Crippen molar-refractivity contribution in [2.45, 2.75) is 76.0 Å². The summed E-state index contributed by atoms with van der Waals surface area (Å²) in [7, 11) is 0. The molecule has 2 rings (SSSR count). The first-order valence-corrected chi connectivity index (χ1v) is 9.18. The van der Waals surface area contributed by atoms with Crippen LogP contribution in [0, 0.1) is 22.7 Å². The lowest BCUT2D eigenvalue weighted by molar-refractivity contribution is 0.00695. The Morgan fingerprint density at radius 1 is 0.923 bits per heavy atom. The lowest BCUT2D eigenvalue weighted by Crippen LogP contribution is -2.42. The van der Waals surface area contributed by atoms with Gasteiger partial charge in [0.25, 0.3) is 0 Å². The van der Waals surface area contributed by atoms with Gasteiger partial charge < -0.3 is 18.9 Å². The van der Waals surface area contributed by atoms with E-state index in [9.17, 15) is 10.5 Å². The van der Waals surface area contributed by atoms with Gasteiger partial charge in [-0.1, -0.05) is 13.8 Å². The summed E-state index contributed by atoms with van der Waals surface area (Å²) in [4.78, 5) is 0. The molecule has 0 aromatic heterocycles. The molecule has 2 aliphatic rings. The minimum absolute atomic E-state index is 0.106. The van der Waals surface area contributed by atoms with Gasteiger partial charge in [-0.15, -0.1) is 0 Å². The molecule has 0 aromatic rings. The minimum atomic E-state index is -1.15. The molecular weight excluding hydrogens is 336 g/mol. The third kappa shape index (κ3) is 4.99. The van der Waals surface area contributed by atoms with Crippen LogP contribution in [-0.4, -0.2) is 61.9 Å². The molecule has 2 fully saturated rings. The smallest absolute Gasteiger partial charge is 0.192 e. The zero-order valence-electron chi connectivity index (χ0n) is 16.0. The highest BCUT2D eigenvalue weighted by Gasteiger charge is 2.42. The maximum Gasteiger partial charge on any atom is 0.192 e. The second-order valence-corrected chi connectivity index (χ2v) is 6.84. The van der Waals surface area contributed by atoms with Gasteiger partial charge in [0, 0.05) is 0 Å². The summed E-state index contributed by atoms with van der Waals surface area (Å²) in [6, 6.07) is 4.47. The van der Waals surface area contributed by atoms with Crippen LogP contribution in [0.15, 0.2) is 10.2 Å². The lowest BCUT2D eigenvalue weighted by Gasteiger charge is -2.30. The Balaban J connectivity index is 2.11. The van der Waals surface area contributed by atoms with Crippen molar-refractivity contribution in [1.82, 2.24) is 0 Å². The molecule has 2 aliphatic heterocycles. The van der Waals surface area contributed by atoms with Crippen molar-refractivity contribution >= 4 is 0 Å². The van der Waals surface area contributed by atoms with Crippen LogP contribution in [0.4, 0.5) is 0 Å². The summed E-state index contributed by atoms with van der Waals surface area (Å²) < 4.78 is 21.8. The fourth-order valence-electron chi connectivity index (χ4n) is 2.55. The number of hydrogen-bond acceptors (Lipinski definition) is 8. The van der Waals surface area contributed by atoms with E-state index in [-0.39, 0.29) is 12.2 Å². The summed E-state index contributed by atoms with van der Waals surface area (Å²) in [6.45, 7) is 9.56. The number of ether oxygens (including phenoxy) is 4. The normalized spacial score (nSPS) is 28.4. The molecule has 0 bridgehead atoms. The zero-order chi connectivity index (χ0) is 19.2.